The van der Waals surface area contributed by atoms with E-state index in [9.17, 15) is 69.6 Å². The van der Waals surface area contributed by atoms with Gasteiger partial charge in [0.05, 0.1) is 44.8 Å². The van der Waals surface area contributed by atoms with Gasteiger partial charge in [-0.1, -0.05) is 103 Å². The van der Waals surface area contributed by atoms with Gasteiger partial charge in [-0.2, -0.15) is 0 Å². The number of phenolic OH excluding ortho intramolecular Hbond substituents is 3. The summed E-state index contributed by atoms with van der Waals surface area (Å²) >= 11 is 26.6. The molecule has 8 amide bonds. The summed E-state index contributed by atoms with van der Waals surface area (Å²) in [6, 6.07) is 15.9. The van der Waals surface area contributed by atoms with Crippen molar-refractivity contribution in [2.24, 2.45) is 23.1 Å². The van der Waals surface area contributed by atoms with E-state index in [1.54, 1.807) is 44.2 Å². The molecule has 13 rings (SSSR count). The van der Waals surface area contributed by atoms with Gasteiger partial charge in [-0.15, -0.1) is 0 Å². The second kappa shape index (κ2) is 40.3. The van der Waals surface area contributed by atoms with Crippen LogP contribution >= 0.6 is 46.4 Å². The number of aliphatic hydroxyl groups excluding tert-OH is 5. The number of fused-ring (bicyclic) bond motifs is 6. The smallest absolute Gasteiger partial charge is 0.247 e. The summed E-state index contributed by atoms with van der Waals surface area (Å²) in [5.41, 5.74) is 16.3. The number of primary amides is 1. The Morgan fingerprint density at radius 1 is 0.664 bits per heavy atom. The molecule has 6 aliphatic rings. The zero-order valence-corrected chi connectivity index (χ0v) is 69.6. The molecule has 0 saturated carbocycles. The van der Waals surface area contributed by atoms with Crippen molar-refractivity contribution in [2.45, 2.75) is 176 Å². The molecule has 0 aliphatic carbocycles. The van der Waals surface area contributed by atoms with Gasteiger partial charge >= 0.3 is 0 Å². The summed E-state index contributed by atoms with van der Waals surface area (Å²) in [6.45, 7) is 7.79. The van der Waals surface area contributed by atoms with E-state index in [-0.39, 0.29) is 106 Å². The predicted octanol–water partition coefficient (Wildman–Crippen LogP) is 4.11. The van der Waals surface area contributed by atoms with Crippen molar-refractivity contribution >= 4 is 93.7 Å². The number of nitrogens with one attached hydrogen (secondary N) is 9. The molecule has 10 bridgehead atoms. The van der Waals surface area contributed by atoms with Crippen molar-refractivity contribution in [3.05, 3.63) is 181 Å². The van der Waals surface area contributed by atoms with Crippen LogP contribution < -0.4 is 84.0 Å². The Morgan fingerprint density at radius 2 is 1.32 bits per heavy atom. The number of hydrogen-bond acceptors (Lipinski definition) is 27. The number of nitrogens with two attached hydrogens (primary N) is 3. The maximum Gasteiger partial charge on any atom is 0.247 e. The molecule has 2 fully saturated rings. The van der Waals surface area contributed by atoms with E-state index in [4.69, 9.17) is 96.8 Å². The largest absolute Gasteiger partial charge is 0.508 e. The van der Waals surface area contributed by atoms with E-state index >= 15 is 9.59 Å². The normalized spacial score (nSPS) is 26.2. The molecule has 0 aromatic heterocycles. The average Bonchev–Trinajstić information content (AvgIpc) is 0.759. The van der Waals surface area contributed by atoms with Gasteiger partial charge in [-0.05, 0) is 152 Å². The summed E-state index contributed by atoms with van der Waals surface area (Å²) < 4.78 is 45.2. The molecular formula is C83H96Cl4N12O23. The molecular weight excluding hydrogens is 1670 g/mol. The van der Waals surface area contributed by atoms with Crippen LogP contribution in [0, 0.1) is 5.92 Å². The first-order chi connectivity index (χ1) is 58.0. The molecule has 35 nitrogen and oxygen atoms in total. The number of hydrogen-bond donors (Lipinski definition) is 20. The number of carbonyl (C=O) groups excluding carboxylic acids is 8. The predicted molar refractivity (Wildman–Crippen MR) is 442 cm³/mol. The summed E-state index contributed by atoms with van der Waals surface area (Å²) in [7, 11) is 1.48. The summed E-state index contributed by atoms with van der Waals surface area (Å²) in [6.07, 6.45) is -17.2. The van der Waals surface area contributed by atoms with Crippen molar-refractivity contribution in [1.82, 2.24) is 47.9 Å². The third kappa shape index (κ3) is 21.8. The Morgan fingerprint density at radius 3 is 1.94 bits per heavy atom. The Balaban J connectivity index is 1.00. The molecule has 0 radical (unpaired) electrons. The van der Waals surface area contributed by atoms with Crippen LogP contribution in [0.3, 0.4) is 0 Å². The van der Waals surface area contributed by atoms with Crippen LogP contribution in [-0.2, 0) is 65.7 Å². The fraction of sp³-hybridized carbons (Fsp3) is 0.398. The highest BCUT2D eigenvalue weighted by Crippen LogP contribution is 2.49. The van der Waals surface area contributed by atoms with Crippen molar-refractivity contribution < 1.29 is 112 Å². The lowest BCUT2D eigenvalue weighted by Gasteiger charge is -2.48. The van der Waals surface area contributed by atoms with Crippen LogP contribution in [0.4, 0.5) is 0 Å². The highest BCUT2D eigenvalue weighted by molar-refractivity contribution is 6.42. The van der Waals surface area contributed by atoms with Crippen LogP contribution in [0.25, 0.3) is 11.1 Å². The lowest BCUT2D eigenvalue weighted by atomic mass is 9.84. The SMILES string of the molecule is CN[C@H](CC(C)C)C(=O)N[C@H]1C(=O)N[C@@H](CC(N)=O)C(=O)N[C@H](C)C(=O)NC2C(=O)N[C@H](C(=O)N[C@@H](C(=O)NCCN)c3cc(O)cc(O)c3-c3cc2ccc3O)[C@H](O)c2ccc(c(Cl)c2)Oc2cccc(c2OC2OC(CN)C(O)C(O)C2OC2CC(C)(NCc3ccc(OCc4ccc(Cl)c(Cl)c4)cc3)C(O)C(C)O2)Oc2ccc(cc2Cl)[C@H]1O. The fourth-order valence-electron chi connectivity index (χ4n) is 14.4. The molecule has 18 atom stereocenters. The highest BCUT2D eigenvalue weighted by atomic mass is 35.5. The second-order valence-corrected chi connectivity index (χ2v) is 32.1. The zero-order chi connectivity index (χ0) is 88.5. The van der Waals surface area contributed by atoms with E-state index in [0.29, 0.717) is 15.8 Å². The second-order valence-electron chi connectivity index (χ2n) is 30.5. The number of rotatable bonds is 21. The van der Waals surface area contributed by atoms with Crippen molar-refractivity contribution in [3.63, 3.8) is 0 Å². The molecule has 654 valence electrons. The summed E-state index contributed by atoms with van der Waals surface area (Å²) in [5.74, 6) is -12.5. The Labute approximate surface area is 719 Å². The van der Waals surface area contributed by atoms with Gasteiger partial charge in [-0.25, -0.2) is 0 Å². The number of halogens is 4. The molecule has 39 heteroatoms. The number of ether oxygens (including phenoxy) is 7. The Hall–Kier alpha value is -10.4. The highest BCUT2D eigenvalue weighted by Gasteiger charge is 2.52. The number of amides is 8. The van der Waals surface area contributed by atoms with Crippen LogP contribution in [0.2, 0.25) is 20.1 Å². The van der Waals surface area contributed by atoms with E-state index in [2.05, 4.69) is 47.9 Å². The van der Waals surface area contributed by atoms with Crippen molar-refractivity contribution in [3.8, 4) is 62.9 Å². The number of aliphatic hydroxyl groups is 5. The number of phenols is 3. The van der Waals surface area contributed by atoms with Gasteiger partial charge in [0.15, 0.2) is 23.9 Å². The summed E-state index contributed by atoms with van der Waals surface area (Å²) in [5, 5.41) is 119. The van der Waals surface area contributed by atoms with Crippen LogP contribution in [0.15, 0.2) is 127 Å². The molecule has 2 saturated heterocycles. The first kappa shape index (κ1) is 92.3. The molecule has 0 spiro atoms. The number of likely N-dealkylation sites (N-methyl/N-ethyl adjacent to an activating group) is 1. The third-order valence-electron chi connectivity index (χ3n) is 21.0. The molecule has 6 heterocycles. The van der Waals surface area contributed by atoms with Crippen LogP contribution in [-0.4, -0.2) is 200 Å². The molecule has 7 aromatic rings. The van der Waals surface area contributed by atoms with Gasteiger partial charge in [-0.3, -0.25) is 38.4 Å². The maximum atomic E-state index is 15.3. The van der Waals surface area contributed by atoms with Gasteiger partial charge in [0, 0.05) is 55.3 Å². The first-order valence-corrected chi connectivity index (χ1v) is 40.3. The fourth-order valence-corrected chi connectivity index (χ4v) is 15.2. The van der Waals surface area contributed by atoms with Gasteiger partial charge in [0.1, 0.15) is 108 Å². The zero-order valence-electron chi connectivity index (χ0n) is 66.6. The molecule has 6 aliphatic heterocycles. The molecule has 23 N–H and O–H groups in total. The average molecular weight is 1770 g/mol. The Kier molecular flexibility index (Phi) is 30.5. The van der Waals surface area contributed by atoms with Gasteiger partial charge in [0.2, 0.25) is 59.3 Å². The van der Waals surface area contributed by atoms with E-state index in [0.717, 1.165) is 54.4 Å². The molecule has 10 unspecified atom stereocenters. The standard InChI is InChI=1S/C83H96Cl4N12O23/c1-36(2)24-52(91-6)76(110)98-66-68(104)42-14-20-56(50(86)27-42)118-58-8-7-9-59(72(58)122-82-73(71(107)70(106)60(33-89)120-82)121-62-32-83(5,74(108)38(4)117-62)93-34-39-10-16-45(17-11-39)116-35-40-12-18-48(84)49(85)25-40)119-57-21-15-43(28-51(57)87)69(105)67-81(115)97-65(78(112)92-23-22-88)47-29-44(100)30-55(102)63(47)46-26-41(13-19-54(46)101)64(79(113)99-67)96-75(109)37(3)94-77(111)53(31-61(90)103)95-80(66)114/h7-21,25-30,36-38,52-53,60,62,64-71,73-74,82,91,93,100-102,104-108H,22-24,31-35,88-89H2,1-6H3,(H2,90,103)(H,92,112)(H,94,111)(H,95,114)(H,96,109)(H,97,115)(H,98,110)(H,99,113)/t37-,38?,52-,53+,60?,62?,64?,65-,66-,67+,68-,69-,70?,71?,73?,74?,82?,83?/m1/s1. The summed E-state index contributed by atoms with van der Waals surface area (Å²) in [4.78, 5) is 116. The third-order valence-corrected chi connectivity index (χ3v) is 22.4. The topological polar surface area (TPSA) is 549 Å². The van der Waals surface area contributed by atoms with Crippen LogP contribution in [0.1, 0.15) is 112 Å². The van der Waals surface area contributed by atoms with E-state index in [1.807, 2.05) is 26.0 Å². The minimum absolute atomic E-state index is 0.107. The van der Waals surface area contributed by atoms with Crippen molar-refractivity contribution in [2.75, 3.05) is 26.7 Å². The van der Waals surface area contributed by atoms with Crippen LogP contribution in [0.5, 0.6) is 51.7 Å². The Bertz CT molecular complexity index is 5020. The van der Waals surface area contributed by atoms with Crippen molar-refractivity contribution in [1.29, 1.82) is 0 Å². The maximum absolute atomic E-state index is 15.3. The van der Waals surface area contributed by atoms with E-state index < -0.39 is 198 Å². The number of para-hydroxylation sites is 1. The monoisotopic (exact) mass is 1770 g/mol. The quantitative estimate of drug-likeness (QED) is 0.0481. The number of aromatic hydroxyl groups is 3. The lowest BCUT2D eigenvalue weighted by molar-refractivity contribution is -0.331. The molecule has 7 aromatic carbocycles. The minimum Gasteiger partial charge on any atom is -0.508 e. The first-order valence-electron chi connectivity index (χ1n) is 38.8. The lowest BCUT2D eigenvalue weighted by Crippen LogP contribution is -2.65. The number of benzene rings is 7. The molecule has 122 heavy (non-hydrogen) atoms. The van der Waals surface area contributed by atoms with E-state index in [1.165, 1.54) is 55.6 Å². The number of carbonyl (C=O) groups is 8. The minimum atomic E-state index is -2.25. The van der Waals surface area contributed by atoms with Gasteiger partial charge in [0.25, 0.3) is 0 Å². The van der Waals surface area contributed by atoms with Gasteiger partial charge < -0.3 is 139 Å².